The number of hydrogen-bond donors (Lipinski definition) is 1. The molecule has 0 spiro atoms. The number of ether oxygens (including phenoxy) is 3. The molecule has 1 N–H and O–H groups in total. The first-order chi connectivity index (χ1) is 21.2. The Morgan fingerprint density at radius 3 is 2.40 bits per heavy atom. The maximum absolute atomic E-state index is 12.7. The SMILES string of the molecule is Cc1ccc(CCCOc2ccc(-c3noc([C@@H]4CCCN4C(=NC(=O)OC(C)(C)C)NC(=O)OC(C)(C)C)n3)cc2C)cc1. The normalized spacial score (nSPS) is 15.6. The minimum absolute atomic E-state index is 0.000439. The molecule has 45 heavy (non-hydrogen) atoms. The van der Waals surface area contributed by atoms with E-state index >= 15 is 0 Å². The summed E-state index contributed by atoms with van der Waals surface area (Å²) in [6.07, 6.45) is 1.70. The minimum atomic E-state index is -0.835. The van der Waals surface area contributed by atoms with E-state index < -0.39 is 29.4 Å². The van der Waals surface area contributed by atoms with Crippen LogP contribution >= 0.6 is 0 Å². The number of alkyl carbamates (subject to hydrolysis) is 1. The number of aromatic nitrogens is 2. The smallest absolute Gasteiger partial charge is 0.437 e. The average molecular weight is 620 g/mol. The number of aryl methyl sites for hydroxylation is 3. The lowest BCUT2D eigenvalue weighted by molar-refractivity contribution is 0.0553. The van der Waals surface area contributed by atoms with Crippen LogP contribution in [-0.2, 0) is 15.9 Å². The highest BCUT2D eigenvalue weighted by atomic mass is 16.6. The van der Waals surface area contributed by atoms with Crippen LogP contribution in [0.5, 0.6) is 5.75 Å². The molecular weight excluding hydrogens is 574 g/mol. The molecule has 11 nitrogen and oxygen atoms in total. The van der Waals surface area contributed by atoms with Gasteiger partial charge < -0.3 is 23.6 Å². The van der Waals surface area contributed by atoms with Crippen molar-refractivity contribution in [3.63, 3.8) is 0 Å². The van der Waals surface area contributed by atoms with E-state index in [1.54, 1.807) is 46.4 Å². The van der Waals surface area contributed by atoms with Crippen LogP contribution < -0.4 is 10.1 Å². The average Bonchev–Trinajstić information content (AvgIpc) is 3.60. The van der Waals surface area contributed by atoms with Crippen molar-refractivity contribution in [1.82, 2.24) is 20.4 Å². The number of likely N-dealkylation sites (tertiary alicyclic amines) is 1. The lowest BCUT2D eigenvalue weighted by Gasteiger charge is -2.27. The third kappa shape index (κ3) is 10.1. The standard InChI is InChI=1S/C34H45N5O6/c1-22-13-15-24(16-14-22)11-10-20-42-27-18-17-25(21-23(27)2)28-35-29(45-38-28)26-12-9-19-39(26)30(36-31(40)43-33(3,4)5)37-32(41)44-34(6,7)8/h13-18,21,26H,9-12,19-20H2,1-8H3,(H,36,37,40,41)/t26-/m0/s1. The summed E-state index contributed by atoms with van der Waals surface area (Å²) in [5, 5.41) is 6.86. The van der Waals surface area contributed by atoms with E-state index in [0.717, 1.165) is 36.1 Å². The van der Waals surface area contributed by atoms with Gasteiger partial charge in [0.2, 0.25) is 17.7 Å². The van der Waals surface area contributed by atoms with Gasteiger partial charge in [-0.05, 0) is 110 Å². The monoisotopic (exact) mass is 619 g/mol. The number of hydrogen-bond acceptors (Lipinski definition) is 8. The van der Waals surface area contributed by atoms with Gasteiger partial charge in [0.15, 0.2) is 0 Å². The first-order valence-corrected chi connectivity index (χ1v) is 15.4. The number of amides is 2. The molecule has 1 atom stereocenters. The molecule has 3 aromatic rings. The Hall–Kier alpha value is -4.41. The zero-order valence-corrected chi connectivity index (χ0v) is 27.6. The van der Waals surface area contributed by atoms with E-state index in [-0.39, 0.29) is 5.96 Å². The number of aliphatic imine (C=N–C) groups is 1. The first kappa shape index (κ1) is 33.5. The Kier molecular flexibility index (Phi) is 10.5. The van der Waals surface area contributed by atoms with Crippen molar-refractivity contribution < 1.29 is 28.3 Å². The molecule has 0 saturated carbocycles. The van der Waals surface area contributed by atoms with Crippen LogP contribution in [0.1, 0.15) is 89.4 Å². The number of guanidine groups is 1. The Morgan fingerprint density at radius 2 is 1.73 bits per heavy atom. The van der Waals surface area contributed by atoms with Crippen LogP contribution in [0.2, 0.25) is 0 Å². The van der Waals surface area contributed by atoms with E-state index in [0.29, 0.717) is 31.3 Å². The summed E-state index contributed by atoms with van der Waals surface area (Å²) in [5.41, 5.74) is 2.80. The quantitative estimate of drug-likeness (QED) is 0.164. The molecule has 11 heteroatoms. The second-order valence-electron chi connectivity index (χ2n) is 13.3. The van der Waals surface area contributed by atoms with Crippen LogP contribution in [0, 0.1) is 13.8 Å². The molecule has 2 aromatic carbocycles. The van der Waals surface area contributed by atoms with Crippen LogP contribution in [0.25, 0.3) is 11.4 Å². The van der Waals surface area contributed by atoms with Gasteiger partial charge in [0.25, 0.3) is 0 Å². The van der Waals surface area contributed by atoms with E-state index in [1.165, 1.54) is 11.1 Å². The molecule has 0 aliphatic carbocycles. The number of carbonyl (C=O) groups is 2. The summed E-state index contributed by atoms with van der Waals surface area (Å²) < 4.78 is 22.6. The third-order valence-electron chi connectivity index (χ3n) is 6.88. The predicted molar refractivity (Wildman–Crippen MR) is 171 cm³/mol. The van der Waals surface area contributed by atoms with Crippen molar-refractivity contribution in [2.45, 2.75) is 98.3 Å². The van der Waals surface area contributed by atoms with Gasteiger partial charge in [-0.1, -0.05) is 35.0 Å². The van der Waals surface area contributed by atoms with Crippen LogP contribution in [0.15, 0.2) is 52.0 Å². The lowest BCUT2D eigenvalue weighted by atomic mass is 10.1. The molecule has 2 amide bonds. The second-order valence-corrected chi connectivity index (χ2v) is 13.3. The van der Waals surface area contributed by atoms with Crippen molar-refractivity contribution in [3.8, 4) is 17.1 Å². The molecule has 0 bridgehead atoms. The van der Waals surface area contributed by atoms with E-state index in [1.807, 2.05) is 25.1 Å². The van der Waals surface area contributed by atoms with Gasteiger partial charge in [-0.15, -0.1) is 4.99 Å². The van der Waals surface area contributed by atoms with Crippen molar-refractivity contribution in [3.05, 3.63) is 65.0 Å². The van der Waals surface area contributed by atoms with Crippen molar-refractivity contribution >= 4 is 18.1 Å². The summed E-state index contributed by atoms with van der Waals surface area (Å²) in [5.74, 6) is 1.58. The maximum atomic E-state index is 12.7. The molecule has 1 saturated heterocycles. The molecule has 1 aliphatic rings. The summed E-state index contributed by atoms with van der Waals surface area (Å²) >= 11 is 0. The summed E-state index contributed by atoms with van der Waals surface area (Å²) in [7, 11) is 0. The van der Waals surface area contributed by atoms with E-state index in [9.17, 15) is 9.59 Å². The van der Waals surface area contributed by atoms with E-state index in [4.69, 9.17) is 18.7 Å². The fourth-order valence-corrected chi connectivity index (χ4v) is 4.86. The zero-order valence-electron chi connectivity index (χ0n) is 27.6. The summed E-state index contributed by atoms with van der Waals surface area (Å²) in [4.78, 5) is 35.9. The van der Waals surface area contributed by atoms with Gasteiger partial charge in [0, 0.05) is 12.1 Å². The second kappa shape index (κ2) is 14.1. The largest absolute Gasteiger partial charge is 0.493 e. The van der Waals surface area contributed by atoms with Gasteiger partial charge in [-0.25, -0.2) is 9.59 Å². The van der Waals surface area contributed by atoms with Gasteiger partial charge in [0.1, 0.15) is 23.0 Å². The number of nitrogens with zero attached hydrogens (tertiary/aromatic N) is 4. The highest BCUT2D eigenvalue weighted by Gasteiger charge is 2.35. The Morgan fingerprint density at radius 1 is 1.02 bits per heavy atom. The zero-order chi connectivity index (χ0) is 32.8. The van der Waals surface area contributed by atoms with Gasteiger partial charge in [-0.3, -0.25) is 5.32 Å². The highest BCUT2D eigenvalue weighted by Crippen LogP contribution is 2.33. The molecule has 0 radical (unpaired) electrons. The fraction of sp³-hybridized carbons (Fsp3) is 0.500. The van der Waals surface area contributed by atoms with Crippen LogP contribution in [0.4, 0.5) is 9.59 Å². The fourth-order valence-electron chi connectivity index (χ4n) is 4.86. The van der Waals surface area contributed by atoms with Gasteiger partial charge >= 0.3 is 12.2 Å². The van der Waals surface area contributed by atoms with Crippen molar-refractivity contribution in [2.24, 2.45) is 4.99 Å². The summed E-state index contributed by atoms with van der Waals surface area (Å²) in [6.45, 7) is 15.7. The minimum Gasteiger partial charge on any atom is -0.493 e. The molecular formula is C34H45N5O6. The Labute approximate surface area is 265 Å². The lowest BCUT2D eigenvalue weighted by Crippen LogP contribution is -2.46. The van der Waals surface area contributed by atoms with Gasteiger partial charge in [0.05, 0.1) is 6.61 Å². The topological polar surface area (TPSA) is 128 Å². The molecule has 4 rings (SSSR count). The number of benzene rings is 2. The van der Waals surface area contributed by atoms with Crippen molar-refractivity contribution in [2.75, 3.05) is 13.2 Å². The van der Waals surface area contributed by atoms with Crippen molar-refractivity contribution in [1.29, 1.82) is 0 Å². The maximum Gasteiger partial charge on any atom is 0.437 e. The summed E-state index contributed by atoms with van der Waals surface area (Å²) in [6, 6.07) is 14.0. The van der Waals surface area contributed by atoms with Crippen LogP contribution in [-0.4, -0.2) is 57.5 Å². The van der Waals surface area contributed by atoms with E-state index in [2.05, 4.69) is 51.6 Å². The molecule has 1 aliphatic heterocycles. The first-order valence-electron chi connectivity index (χ1n) is 15.4. The van der Waals surface area contributed by atoms with Gasteiger partial charge in [-0.2, -0.15) is 4.98 Å². The molecule has 2 heterocycles. The molecule has 0 unspecified atom stereocenters. The Balaban J connectivity index is 1.45. The predicted octanol–water partition coefficient (Wildman–Crippen LogP) is 7.32. The molecule has 1 aromatic heterocycles. The number of rotatable bonds is 7. The third-order valence-corrected chi connectivity index (χ3v) is 6.88. The number of carbonyl (C=O) groups excluding carboxylic acids is 2. The number of nitrogens with one attached hydrogen (secondary N) is 1. The Bertz CT molecular complexity index is 1500. The molecule has 242 valence electrons. The van der Waals surface area contributed by atoms with Crippen LogP contribution in [0.3, 0.4) is 0 Å². The molecule has 1 fully saturated rings. The highest BCUT2D eigenvalue weighted by molar-refractivity contribution is 5.99.